The number of pyridine rings is 1. The van der Waals surface area contributed by atoms with Crippen LogP contribution in [0.15, 0.2) is 18.3 Å². The number of hydrogen-bond donors (Lipinski definition) is 3. The van der Waals surface area contributed by atoms with E-state index in [2.05, 4.69) is 35.0 Å². The second kappa shape index (κ2) is 7.74. The number of halogens is 1. The fourth-order valence-electron chi connectivity index (χ4n) is 2.73. The van der Waals surface area contributed by atoms with Crippen LogP contribution in [-0.4, -0.2) is 22.0 Å². The molecule has 0 spiro atoms. The van der Waals surface area contributed by atoms with Gasteiger partial charge in [0.25, 0.3) is 5.91 Å². The molecule has 0 unspecified atom stereocenters. The Morgan fingerprint density at radius 1 is 1.36 bits per heavy atom. The molecule has 3 atom stereocenters. The van der Waals surface area contributed by atoms with Gasteiger partial charge < -0.3 is 5.32 Å². The lowest BCUT2D eigenvalue weighted by Crippen LogP contribution is -2.52. The van der Waals surface area contributed by atoms with Crippen LogP contribution in [0.5, 0.6) is 0 Å². The van der Waals surface area contributed by atoms with Gasteiger partial charge in [-0.3, -0.25) is 15.6 Å². The largest absolute Gasteiger partial charge is 0.358 e. The standard InChI is InChI=1S/C15H21ClN4OS/c1-9-5-3-7-12(10(9)2)18-15(22)20-19-14(21)11-6-4-8-17-13(11)16/h4,6,8-10,12H,3,5,7H2,1-2H3,(H,19,21)(H2,18,20,22)/t9-,10-,12-/m1/s1. The highest BCUT2D eigenvalue weighted by Gasteiger charge is 2.27. The molecular formula is C15H21ClN4OS. The zero-order valence-corrected chi connectivity index (χ0v) is 14.3. The number of amides is 1. The summed E-state index contributed by atoms with van der Waals surface area (Å²) >= 11 is 11.1. The molecule has 7 heteroatoms. The molecule has 120 valence electrons. The molecule has 3 N–H and O–H groups in total. The molecule has 0 aromatic carbocycles. The first-order chi connectivity index (χ1) is 10.5. The summed E-state index contributed by atoms with van der Waals surface area (Å²) in [6.45, 7) is 4.50. The van der Waals surface area contributed by atoms with E-state index in [0.717, 1.165) is 6.42 Å². The summed E-state index contributed by atoms with van der Waals surface area (Å²) in [7, 11) is 0. The molecule has 1 heterocycles. The van der Waals surface area contributed by atoms with Crippen molar-refractivity contribution < 1.29 is 4.79 Å². The van der Waals surface area contributed by atoms with Gasteiger partial charge in [0.15, 0.2) is 5.11 Å². The van der Waals surface area contributed by atoms with E-state index in [1.165, 1.54) is 19.0 Å². The van der Waals surface area contributed by atoms with Crippen molar-refractivity contribution >= 4 is 34.8 Å². The third kappa shape index (κ3) is 4.30. The summed E-state index contributed by atoms with van der Waals surface area (Å²) in [6, 6.07) is 3.60. The first-order valence-electron chi connectivity index (χ1n) is 7.46. The number of hydrazine groups is 1. The zero-order valence-electron chi connectivity index (χ0n) is 12.7. The van der Waals surface area contributed by atoms with E-state index in [4.69, 9.17) is 23.8 Å². The summed E-state index contributed by atoms with van der Waals surface area (Å²) in [4.78, 5) is 15.9. The van der Waals surface area contributed by atoms with Crippen LogP contribution in [0.1, 0.15) is 43.5 Å². The summed E-state index contributed by atoms with van der Waals surface area (Å²) in [6.07, 6.45) is 5.08. The molecule has 1 aromatic heterocycles. The number of nitrogens with one attached hydrogen (secondary N) is 3. The van der Waals surface area contributed by atoms with Crippen molar-refractivity contribution in [3.8, 4) is 0 Å². The topological polar surface area (TPSA) is 66.0 Å². The lowest BCUT2D eigenvalue weighted by atomic mass is 9.78. The van der Waals surface area contributed by atoms with Crippen molar-refractivity contribution in [1.82, 2.24) is 21.2 Å². The Hall–Kier alpha value is -1.40. The van der Waals surface area contributed by atoms with Crippen LogP contribution in [0.4, 0.5) is 0 Å². The third-order valence-electron chi connectivity index (χ3n) is 4.32. The van der Waals surface area contributed by atoms with E-state index in [1.807, 2.05) is 0 Å². The summed E-state index contributed by atoms with van der Waals surface area (Å²) in [5, 5.41) is 3.86. The van der Waals surface area contributed by atoms with E-state index < -0.39 is 0 Å². The average molecular weight is 341 g/mol. The zero-order chi connectivity index (χ0) is 16.1. The maximum absolute atomic E-state index is 12.0. The van der Waals surface area contributed by atoms with Gasteiger partial charge in [-0.2, -0.15) is 0 Å². The quantitative estimate of drug-likeness (QED) is 0.439. The van der Waals surface area contributed by atoms with E-state index in [-0.39, 0.29) is 11.1 Å². The van der Waals surface area contributed by atoms with Crippen LogP contribution in [-0.2, 0) is 0 Å². The molecule has 1 saturated carbocycles. The molecule has 1 aromatic rings. The maximum Gasteiger partial charge on any atom is 0.272 e. The molecule has 2 rings (SSSR count). The fourth-order valence-corrected chi connectivity index (χ4v) is 3.13. The van der Waals surface area contributed by atoms with Crippen LogP contribution >= 0.6 is 23.8 Å². The van der Waals surface area contributed by atoms with Crippen LogP contribution in [0.25, 0.3) is 0 Å². The predicted octanol–water partition coefficient (Wildman–Crippen LogP) is 2.67. The van der Waals surface area contributed by atoms with Crippen molar-refractivity contribution in [2.24, 2.45) is 11.8 Å². The highest BCUT2D eigenvalue weighted by atomic mass is 35.5. The molecule has 0 saturated heterocycles. The lowest BCUT2D eigenvalue weighted by Gasteiger charge is -2.35. The molecular weight excluding hydrogens is 320 g/mol. The monoisotopic (exact) mass is 340 g/mol. The van der Waals surface area contributed by atoms with Crippen molar-refractivity contribution in [2.45, 2.75) is 39.2 Å². The molecule has 5 nitrogen and oxygen atoms in total. The molecule has 1 aliphatic carbocycles. The Morgan fingerprint density at radius 3 is 2.86 bits per heavy atom. The minimum atomic E-state index is -0.368. The number of thiocarbonyl (C=S) groups is 1. The number of carbonyl (C=O) groups is 1. The summed E-state index contributed by atoms with van der Waals surface area (Å²) < 4.78 is 0. The Labute approximate surface area is 141 Å². The molecule has 0 radical (unpaired) electrons. The number of rotatable bonds is 2. The van der Waals surface area contributed by atoms with Crippen molar-refractivity contribution in [3.63, 3.8) is 0 Å². The predicted molar refractivity (Wildman–Crippen MR) is 91.5 cm³/mol. The first kappa shape index (κ1) is 17.0. The first-order valence-corrected chi connectivity index (χ1v) is 8.25. The van der Waals surface area contributed by atoms with Gasteiger partial charge in [0.1, 0.15) is 5.15 Å². The van der Waals surface area contributed by atoms with Crippen LogP contribution in [0, 0.1) is 11.8 Å². The van der Waals surface area contributed by atoms with E-state index >= 15 is 0 Å². The normalized spacial score (nSPS) is 24.4. The molecule has 1 aliphatic rings. The van der Waals surface area contributed by atoms with E-state index in [1.54, 1.807) is 12.1 Å². The summed E-state index contributed by atoms with van der Waals surface area (Å²) in [5.74, 6) is 0.863. The maximum atomic E-state index is 12.0. The SMILES string of the molecule is C[C@@H]1[C@H](C)CCC[C@H]1NC(=S)NNC(=O)c1cccnc1Cl. The van der Waals surface area contributed by atoms with Gasteiger partial charge in [0.2, 0.25) is 0 Å². The van der Waals surface area contributed by atoms with Gasteiger partial charge in [0, 0.05) is 12.2 Å². The highest BCUT2D eigenvalue weighted by molar-refractivity contribution is 7.80. The lowest BCUT2D eigenvalue weighted by molar-refractivity contribution is 0.0943. The Bertz CT molecular complexity index is 554. The number of nitrogens with zero attached hydrogens (tertiary/aromatic N) is 1. The minimum Gasteiger partial charge on any atom is -0.358 e. The van der Waals surface area contributed by atoms with E-state index in [9.17, 15) is 4.79 Å². The van der Waals surface area contributed by atoms with Gasteiger partial charge in [-0.05, 0) is 42.6 Å². The van der Waals surface area contributed by atoms with Crippen LogP contribution in [0.2, 0.25) is 5.15 Å². The van der Waals surface area contributed by atoms with Crippen molar-refractivity contribution in [1.29, 1.82) is 0 Å². The molecule has 0 bridgehead atoms. The third-order valence-corrected chi connectivity index (χ3v) is 4.84. The number of aromatic nitrogens is 1. The molecule has 1 amide bonds. The van der Waals surface area contributed by atoms with Crippen molar-refractivity contribution in [2.75, 3.05) is 0 Å². The van der Waals surface area contributed by atoms with Gasteiger partial charge in [-0.25, -0.2) is 4.98 Å². The van der Waals surface area contributed by atoms with Gasteiger partial charge in [-0.1, -0.05) is 38.3 Å². The minimum absolute atomic E-state index is 0.162. The Balaban J connectivity index is 1.83. The summed E-state index contributed by atoms with van der Waals surface area (Å²) in [5.41, 5.74) is 5.57. The van der Waals surface area contributed by atoms with Gasteiger partial charge in [0.05, 0.1) is 5.56 Å². The Kier molecular flexibility index (Phi) is 5.97. The highest BCUT2D eigenvalue weighted by Crippen LogP contribution is 2.29. The Morgan fingerprint density at radius 2 is 2.14 bits per heavy atom. The number of carbonyl (C=O) groups excluding carboxylic acids is 1. The average Bonchev–Trinajstić information content (AvgIpc) is 2.50. The molecule has 22 heavy (non-hydrogen) atoms. The van der Waals surface area contributed by atoms with Crippen LogP contribution in [0.3, 0.4) is 0 Å². The van der Waals surface area contributed by atoms with Gasteiger partial charge >= 0.3 is 0 Å². The van der Waals surface area contributed by atoms with Gasteiger partial charge in [-0.15, -0.1) is 0 Å². The second-order valence-electron chi connectivity index (χ2n) is 5.77. The number of hydrogen-bond acceptors (Lipinski definition) is 3. The molecule has 0 aliphatic heterocycles. The fraction of sp³-hybridized carbons (Fsp3) is 0.533. The van der Waals surface area contributed by atoms with Crippen LogP contribution < -0.4 is 16.2 Å². The van der Waals surface area contributed by atoms with Crippen molar-refractivity contribution in [3.05, 3.63) is 29.0 Å². The second-order valence-corrected chi connectivity index (χ2v) is 6.53. The molecule has 1 fully saturated rings. The smallest absolute Gasteiger partial charge is 0.272 e. The van der Waals surface area contributed by atoms with E-state index in [0.29, 0.717) is 28.6 Å².